The summed E-state index contributed by atoms with van der Waals surface area (Å²) in [7, 11) is 0. The average Bonchev–Trinajstić information content (AvgIpc) is 3.22. The first-order chi connectivity index (χ1) is 8.84. The second-order valence-electron chi connectivity index (χ2n) is 5.50. The molecule has 0 unspecified atom stereocenters. The molecule has 20 heavy (non-hydrogen) atoms. The van der Waals surface area contributed by atoms with Crippen molar-refractivity contribution in [2.75, 3.05) is 26.2 Å². The summed E-state index contributed by atoms with van der Waals surface area (Å²) in [5.74, 6) is 0.932. The Labute approximate surface area is 139 Å². The van der Waals surface area contributed by atoms with Gasteiger partial charge in [0.2, 0.25) is 0 Å². The Morgan fingerprint density at radius 1 is 1.15 bits per heavy atom. The minimum atomic E-state index is 0. The summed E-state index contributed by atoms with van der Waals surface area (Å²) in [5.41, 5.74) is 1.33. The van der Waals surface area contributed by atoms with Crippen LogP contribution >= 0.6 is 36.4 Å². The molecule has 0 aromatic heterocycles. The second-order valence-corrected chi connectivity index (χ2v) is 5.91. The third kappa shape index (κ3) is 4.51. The van der Waals surface area contributed by atoms with E-state index in [9.17, 15) is 0 Å². The van der Waals surface area contributed by atoms with E-state index in [1.165, 1.54) is 24.8 Å². The highest BCUT2D eigenvalue weighted by Crippen LogP contribution is 2.41. The molecule has 1 N–H and O–H groups in total. The fourth-order valence-electron chi connectivity index (χ4n) is 2.88. The molecular weight excluding hydrogens is 315 g/mol. The first-order valence-corrected chi connectivity index (χ1v) is 7.41. The lowest BCUT2D eigenvalue weighted by atomic mass is 9.98. The molecule has 5 heteroatoms. The minimum Gasteiger partial charge on any atom is -0.314 e. The molecule has 3 rings (SSSR count). The first kappa shape index (κ1) is 18.1. The normalized spacial score (nSPS) is 20.6. The molecule has 2 aliphatic rings. The molecule has 1 aliphatic heterocycles. The fourth-order valence-corrected chi connectivity index (χ4v) is 3.14. The van der Waals surface area contributed by atoms with Gasteiger partial charge in [0.15, 0.2) is 0 Å². The van der Waals surface area contributed by atoms with Crippen molar-refractivity contribution in [3.05, 3.63) is 34.9 Å². The zero-order valence-electron chi connectivity index (χ0n) is 11.6. The van der Waals surface area contributed by atoms with E-state index >= 15 is 0 Å². The van der Waals surface area contributed by atoms with Crippen LogP contribution in [0.3, 0.4) is 0 Å². The van der Waals surface area contributed by atoms with Gasteiger partial charge in [-0.3, -0.25) is 4.90 Å². The molecule has 114 valence electrons. The van der Waals surface area contributed by atoms with Gasteiger partial charge in [0.25, 0.3) is 0 Å². The summed E-state index contributed by atoms with van der Waals surface area (Å²) in [5, 5.41) is 4.36. The van der Waals surface area contributed by atoms with Crippen molar-refractivity contribution in [2.45, 2.75) is 25.3 Å². The van der Waals surface area contributed by atoms with Crippen molar-refractivity contribution in [1.29, 1.82) is 0 Å². The molecule has 1 atom stereocenters. The van der Waals surface area contributed by atoms with Crippen LogP contribution in [-0.4, -0.2) is 31.1 Å². The predicted octanol–water partition coefficient (Wildman–Crippen LogP) is 3.93. The highest BCUT2D eigenvalue weighted by Gasteiger charge is 2.31. The van der Waals surface area contributed by atoms with Crippen LogP contribution in [0.1, 0.15) is 30.9 Å². The lowest BCUT2D eigenvalue weighted by Gasteiger charge is -2.35. The number of piperazine rings is 1. The molecule has 1 saturated heterocycles. The second kappa shape index (κ2) is 8.45. The van der Waals surface area contributed by atoms with Crippen molar-refractivity contribution in [1.82, 2.24) is 10.2 Å². The smallest absolute Gasteiger partial charge is 0.0453 e. The lowest BCUT2D eigenvalue weighted by molar-refractivity contribution is 0.160. The van der Waals surface area contributed by atoms with E-state index in [1.54, 1.807) is 0 Å². The van der Waals surface area contributed by atoms with Crippen molar-refractivity contribution < 1.29 is 0 Å². The van der Waals surface area contributed by atoms with E-state index in [4.69, 9.17) is 11.6 Å². The van der Waals surface area contributed by atoms with E-state index in [0.29, 0.717) is 6.04 Å². The van der Waals surface area contributed by atoms with Gasteiger partial charge in [-0.05, 0) is 24.0 Å². The van der Waals surface area contributed by atoms with E-state index in [0.717, 1.165) is 37.1 Å². The number of benzene rings is 1. The Kier molecular flexibility index (Phi) is 7.63. The molecule has 1 aromatic rings. The van der Waals surface area contributed by atoms with Crippen LogP contribution in [0.25, 0.3) is 0 Å². The number of halogens is 3. The van der Waals surface area contributed by atoms with Gasteiger partial charge < -0.3 is 5.32 Å². The van der Waals surface area contributed by atoms with Gasteiger partial charge in [-0.2, -0.15) is 0 Å². The van der Waals surface area contributed by atoms with Crippen LogP contribution in [0.5, 0.6) is 0 Å². The Hall–Kier alpha value is 0.01000. The third-order valence-electron chi connectivity index (χ3n) is 4.11. The zero-order valence-corrected chi connectivity index (χ0v) is 13.9. The third-order valence-corrected chi connectivity index (χ3v) is 4.45. The van der Waals surface area contributed by atoms with Gasteiger partial charge in [0, 0.05) is 37.2 Å². The van der Waals surface area contributed by atoms with Crippen LogP contribution in [0.4, 0.5) is 0 Å². The topological polar surface area (TPSA) is 15.3 Å². The largest absolute Gasteiger partial charge is 0.314 e. The lowest BCUT2D eigenvalue weighted by Crippen LogP contribution is -2.45. The van der Waals surface area contributed by atoms with Crippen LogP contribution in [0.2, 0.25) is 5.02 Å². The first-order valence-electron chi connectivity index (χ1n) is 7.04. The summed E-state index contributed by atoms with van der Waals surface area (Å²) in [6.07, 6.45) is 4.10. The molecule has 1 saturated carbocycles. The van der Waals surface area contributed by atoms with E-state index in [2.05, 4.69) is 22.3 Å². The van der Waals surface area contributed by atoms with Gasteiger partial charge in [0.1, 0.15) is 0 Å². The van der Waals surface area contributed by atoms with Crippen molar-refractivity contribution in [3.8, 4) is 0 Å². The van der Waals surface area contributed by atoms with Crippen LogP contribution in [0, 0.1) is 5.92 Å². The molecular formula is C15H23Cl3N2. The monoisotopic (exact) mass is 336 g/mol. The quantitative estimate of drug-likeness (QED) is 0.895. The Morgan fingerprint density at radius 2 is 1.80 bits per heavy atom. The molecule has 0 spiro atoms. The maximum absolute atomic E-state index is 6.40. The standard InChI is InChI=1S/C15H21ClN2.2ClH/c16-14-4-2-1-3-13(14)15(11-12-5-6-12)18-9-7-17-8-10-18;;/h1-4,12,15,17H,5-11H2;2*1H/t15-;;/m0../s1. The van der Waals surface area contributed by atoms with Crippen LogP contribution in [0.15, 0.2) is 24.3 Å². The maximum atomic E-state index is 6.40. The number of nitrogens with zero attached hydrogens (tertiary/aromatic N) is 1. The predicted molar refractivity (Wildman–Crippen MR) is 90.5 cm³/mol. The van der Waals surface area contributed by atoms with Gasteiger partial charge in [-0.25, -0.2) is 0 Å². The van der Waals surface area contributed by atoms with Crippen molar-refractivity contribution >= 4 is 36.4 Å². The summed E-state index contributed by atoms with van der Waals surface area (Å²) in [4.78, 5) is 2.61. The van der Waals surface area contributed by atoms with Gasteiger partial charge in [-0.15, -0.1) is 24.8 Å². The molecule has 1 heterocycles. The van der Waals surface area contributed by atoms with Gasteiger partial charge in [0.05, 0.1) is 0 Å². The molecule has 2 nitrogen and oxygen atoms in total. The Morgan fingerprint density at radius 3 is 2.40 bits per heavy atom. The summed E-state index contributed by atoms with van der Waals surface area (Å²) in [6.45, 7) is 4.49. The van der Waals surface area contributed by atoms with Gasteiger partial charge >= 0.3 is 0 Å². The molecule has 0 amide bonds. The van der Waals surface area contributed by atoms with E-state index in [1.807, 2.05) is 12.1 Å². The Bertz CT molecular complexity index is 404. The van der Waals surface area contributed by atoms with Crippen molar-refractivity contribution in [2.24, 2.45) is 5.92 Å². The van der Waals surface area contributed by atoms with E-state index in [-0.39, 0.29) is 24.8 Å². The SMILES string of the molecule is Cl.Cl.Clc1ccccc1[C@H](CC1CC1)N1CCNCC1. The molecule has 0 radical (unpaired) electrons. The fraction of sp³-hybridized carbons (Fsp3) is 0.600. The number of nitrogens with one attached hydrogen (secondary N) is 1. The van der Waals surface area contributed by atoms with Crippen LogP contribution < -0.4 is 5.32 Å². The number of hydrogen-bond donors (Lipinski definition) is 1. The van der Waals surface area contributed by atoms with Gasteiger partial charge in [-0.1, -0.05) is 42.6 Å². The molecule has 1 aliphatic carbocycles. The zero-order chi connectivity index (χ0) is 12.4. The highest BCUT2D eigenvalue weighted by molar-refractivity contribution is 6.31. The minimum absolute atomic E-state index is 0. The summed E-state index contributed by atoms with van der Waals surface area (Å²) in [6, 6.07) is 8.89. The van der Waals surface area contributed by atoms with Crippen LogP contribution in [-0.2, 0) is 0 Å². The van der Waals surface area contributed by atoms with E-state index < -0.39 is 0 Å². The molecule has 1 aromatic carbocycles. The summed E-state index contributed by atoms with van der Waals surface area (Å²) >= 11 is 6.40. The Balaban J connectivity index is 0.000001000. The number of rotatable bonds is 4. The maximum Gasteiger partial charge on any atom is 0.0453 e. The highest BCUT2D eigenvalue weighted by atomic mass is 35.5. The summed E-state index contributed by atoms with van der Waals surface area (Å²) < 4.78 is 0. The average molecular weight is 338 g/mol. The molecule has 0 bridgehead atoms. The number of hydrogen-bond acceptors (Lipinski definition) is 2. The molecule has 2 fully saturated rings. The van der Waals surface area contributed by atoms with Crippen molar-refractivity contribution in [3.63, 3.8) is 0 Å².